The number of hydrogen-bond donors (Lipinski definition) is 2. The van der Waals surface area contributed by atoms with E-state index in [4.69, 9.17) is 0 Å². The Bertz CT molecular complexity index is 142. The van der Waals surface area contributed by atoms with Crippen molar-refractivity contribution < 1.29 is 4.39 Å². The molecule has 1 aliphatic rings. The van der Waals surface area contributed by atoms with Gasteiger partial charge in [-0.15, -0.1) is 0 Å². The van der Waals surface area contributed by atoms with Crippen molar-refractivity contribution in [1.82, 2.24) is 10.6 Å². The molecule has 78 valence electrons. The van der Waals surface area contributed by atoms with Crippen LogP contribution in [0.25, 0.3) is 0 Å². The lowest BCUT2D eigenvalue weighted by Crippen LogP contribution is -2.49. The minimum absolute atomic E-state index is 0.498. The third kappa shape index (κ3) is 4.05. The average molecular weight is 188 g/mol. The fourth-order valence-corrected chi connectivity index (χ4v) is 1.67. The lowest BCUT2D eigenvalue weighted by Gasteiger charge is -2.30. The van der Waals surface area contributed by atoms with Gasteiger partial charge in [-0.2, -0.15) is 0 Å². The van der Waals surface area contributed by atoms with Gasteiger partial charge in [0.1, 0.15) is 5.67 Å². The second-order valence-electron chi connectivity index (χ2n) is 4.46. The Morgan fingerprint density at radius 2 is 2.31 bits per heavy atom. The maximum atomic E-state index is 13.9. The van der Waals surface area contributed by atoms with E-state index in [1.165, 1.54) is 0 Å². The number of nitrogens with one attached hydrogen (secondary N) is 2. The van der Waals surface area contributed by atoms with Gasteiger partial charge in [-0.3, -0.25) is 0 Å². The van der Waals surface area contributed by atoms with E-state index in [0.29, 0.717) is 25.4 Å². The molecule has 0 saturated carbocycles. The van der Waals surface area contributed by atoms with E-state index >= 15 is 0 Å². The summed E-state index contributed by atoms with van der Waals surface area (Å²) in [5, 5.41) is 6.28. The minimum atomic E-state index is -1.01. The molecule has 1 aliphatic heterocycles. The highest BCUT2D eigenvalue weighted by molar-refractivity contribution is 4.87. The van der Waals surface area contributed by atoms with Gasteiger partial charge in [0.15, 0.2) is 0 Å². The van der Waals surface area contributed by atoms with E-state index in [1.807, 2.05) is 0 Å². The molecule has 0 aliphatic carbocycles. The van der Waals surface area contributed by atoms with Crippen molar-refractivity contribution in [2.75, 3.05) is 26.2 Å². The lowest BCUT2D eigenvalue weighted by molar-refractivity contribution is 0.119. The Morgan fingerprint density at radius 1 is 1.54 bits per heavy atom. The first kappa shape index (κ1) is 10.9. The third-order valence-electron chi connectivity index (χ3n) is 2.41. The lowest BCUT2D eigenvalue weighted by atomic mass is 9.96. The fraction of sp³-hybridized carbons (Fsp3) is 1.00. The molecule has 0 bridgehead atoms. The van der Waals surface area contributed by atoms with Gasteiger partial charge in [-0.05, 0) is 31.8 Å². The van der Waals surface area contributed by atoms with E-state index in [9.17, 15) is 4.39 Å². The van der Waals surface area contributed by atoms with Crippen LogP contribution in [0.4, 0.5) is 4.39 Å². The highest BCUT2D eigenvalue weighted by Crippen LogP contribution is 2.19. The zero-order valence-electron chi connectivity index (χ0n) is 8.70. The highest BCUT2D eigenvalue weighted by Gasteiger charge is 2.30. The van der Waals surface area contributed by atoms with E-state index in [1.54, 1.807) is 0 Å². The largest absolute Gasteiger partial charge is 0.313 e. The summed E-state index contributed by atoms with van der Waals surface area (Å²) in [5.74, 6) is 0.597. The summed E-state index contributed by atoms with van der Waals surface area (Å²) in [6.07, 6.45) is 1.66. The van der Waals surface area contributed by atoms with Gasteiger partial charge >= 0.3 is 0 Å². The Balaban J connectivity index is 2.17. The summed E-state index contributed by atoms with van der Waals surface area (Å²) in [6.45, 7) is 7.16. The van der Waals surface area contributed by atoms with Crippen LogP contribution in [-0.4, -0.2) is 31.8 Å². The minimum Gasteiger partial charge on any atom is -0.313 e. The van der Waals surface area contributed by atoms with Gasteiger partial charge in [-0.1, -0.05) is 13.8 Å². The van der Waals surface area contributed by atoms with Crippen molar-refractivity contribution in [3.63, 3.8) is 0 Å². The summed E-state index contributed by atoms with van der Waals surface area (Å²) in [7, 11) is 0. The Labute approximate surface area is 80.3 Å². The molecule has 1 unspecified atom stereocenters. The van der Waals surface area contributed by atoms with Crippen molar-refractivity contribution in [2.45, 2.75) is 32.4 Å². The molecule has 2 N–H and O–H groups in total. The van der Waals surface area contributed by atoms with Gasteiger partial charge in [0.05, 0.1) is 0 Å². The molecule has 0 spiro atoms. The van der Waals surface area contributed by atoms with Crippen LogP contribution < -0.4 is 10.6 Å². The molecule has 1 saturated heterocycles. The Kier molecular flexibility index (Phi) is 4.13. The zero-order valence-corrected chi connectivity index (χ0v) is 8.70. The van der Waals surface area contributed by atoms with Crippen LogP contribution in [0.15, 0.2) is 0 Å². The number of rotatable bonds is 4. The normalized spacial score (nSPS) is 29.5. The van der Waals surface area contributed by atoms with E-state index < -0.39 is 5.67 Å². The molecule has 13 heavy (non-hydrogen) atoms. The second-order valence-corrected chi connectivity index (χ2v) is 4.46. The van der Waals surface area contributed by atoms with Crippen LogP contribution in [0.2, 0.25) is 0 Å². The summed E-state index contributed by atoms with van der Waals surface area (Å²) in [4.78, 5) is 0. The molecule has 1 heterocycles. The van der Waals surface area contributed by atoms with Crippen LogP contribution in [-0.2, 0) is 0 Å². The van der Waals surface area contributed by atoms with Crippen LogP contribution in [0, 0.1) is 5.92 Å². The molecule has 1 atom stereocenters. The molecule has 3 heteroatoms. The van der Waals surface area contributed by atoms with Crippen molar-refractivity contribution in [3.8, 4) is 0 Å². The first-order valence-electron chi connectivity index (χ1n) is 5.23. The van der Waals surface area contributed by atoms with E-state index in [2.05, 4.69) is 24.5 Å². The zero-order chi connectivity index (χ0) is 9.73. The molecule has 0 aromatic rings. The van der Waals surface area contributed by atoms with Crippen LogP contribution in [0.3, 0.4) is 0 Å². The smallest absolute Gasteiger partial charge is 0.135 e. The molecule has 1 rings (SSSR count). The van der Waals surface area contributed by atoms with Crippen molar-refractivity contribution in [1.29, 1.82) is 0 Å². The summed E-state index contributed by atoms with van der Waals surface area (Å²) in [6, 6.07) is 0. The number of hydrogen-bond acceptors (Lipinski definition) is 2. The summed E-state index contributed by atoms with van der Waals surface area (Å²) < 4.78 is 13.9. The molecule has 0 aromatic carbocycles. The first-order valence-corrected chi connectivity index (χ1v) is 5.23. The predicted octanol–water partition coefficient (Wildman–Crippen LogP) is 1.32. The molecular weight excluding hydrogens is 167 g/mol. The van der Waals surface area contributed by atoms with Crippen LogP contribution >= 0.6 is 0 Å². The Hall–Kier alpha value is -0.150. The first-order chi connectivity index (χ1) is 6.12. The van der Waals surface area contributed by atoms with Gasteiger partial charge in [-0.25, -0.2) is 4.39 Å². The predicted molar refractivity (Wildman–Crippen MR) is 53.7 cm³/mol. The van der Waals surface area contributed by atoms with Crippen molar-refractivity contribution in [2.24, 2.45) is 5.92 Å². The highest BCUT2D eigenvalue weighted by atomic mass is 19.1. The fourth-order valence-electron chi connectivity index (χ4n) is 1.67. The van der Waals surface area contributed by atoms with E-state index in [-0.39, 0.29) is 0 Å². The van der Waals surface area contributed by atoms with E-state index in [0.717, 1.165) is 19.5 Å². The van der Waals surface area contributed by atoms with Gasteiger partial charge in [0.2, 0.25) is 0 Å². The van der Waals surface area contributed by atoms with Crippen LogP contribution in [0.1, 0.15) is 26.7 Å². The number of piperidine rings is 1. The van der Waals surface area contributed by atoms with Crippen LogP contribution in [0.5, 0.6) is 0 Å². The Morgan fingerprint density at radius 3 is 2.85 bits per heavy atom. The number of alkyl halides is 1. The number of halogens is 1. The third-order valence-corrected chi connectivity index (χ3v) is 2.41. The molecule has 2 nitrogen and oxygen atoms in total. The molecule has 1 fully saturated rings. The van der Waals surface area contributed by atoms with Gasteiger partial charge in [0, 0.05) is 13.1 Å². The maximum absolute atomic E-state index is 13.9. The summed E-state index contributed by atoms with van der Waals surface area (Å²) in [5.41, 5.74) is -1.01. The maximum Gasteiger partial charge on any atom is 0.135 e. The second kappa shape index (κ2) is 4.91. The van der Waals surface area contributed by atoms with Gasteiger partial charge < -0.3 is 10.6 Å². The van der Waals surface area contributed by atoms with Crippen molar-refractivity contribution >= 4 is 0 Å². The SMILES string of the molecule is CC(C)CNCC1(F)CCCNC1. The molecule has 0 aromatic heterocycles. The average Bonchev–Trinajstić information content (AvgIpc) is 2.04. The molecule has 0 amide bonds. The summed E-state index contributed by atoms with van der Waals surface area (Å²) >= 11 is 0. The topological polar surface area (TPSA) is 24.1 Å². The van der Waals surface area contributed by atoms with Gasteiger partial charge in [0.25, 0.3) is 0 Å². The molecule has 0 radical (unpaired) electrons. The quantitative estimate of drug-likeness (QED) is 0.695. The molecular formula is C10H21FN2. The standard InChI is InChI=1S/C10H21FN2/c1-9(2)6-13-8-10(11)4-3-5-12-7-10/h9,12-13H,3-8H2,1-2H3. The van der Waals surface area contributed by atoms with Crippen molar-refractivity contribution in [3.05, 3.63) is 0 Å². The monoisotopic (exact) mass is 188 g/mol.